The fourth-order valence-electron chi connectivity index (χ4n) is 2.84. The molecule has 0 N–H and O–H groups in total. The van der Waals surface area contributed by atoms with Crippen LogP contribution >= 0.6 is 11.8 Å². The zero-order chi connectivity index (χ0) is 21.0. The van der Waals surface area contributed by atoms with Crippen molar-refractivity contribution in [3.8, 4) is 11.5 Å². The molecule has 1 saturated heterocycles. The highest BCUT2D eigenvalue weighted by Crippen LogP contribution is 2.35. The van der Waals surface area contributed by atoms with Gasteiger partial charge in [0.05, 0.1) is 24.7 Å². The number of ether oxygens (including phenoxy) is 2. The number of hydrogen-bond acceptors (Lipinski definition) is 5. The van der Waals surface area contributed by atoms with E-state index in [2.05, 4.69) is 6.92 Å². The molecule has 2 amide bonds. The number of hydrogen-bond donors (Lipinski definition) is 0. The van der Waals surface area contributed by atoms with Crippen LogP contribution in [0.1, 0.15) is 37.0 Å². The second-order valence-corrected chi connectivity index (χ2v) is 7.99. The largest absolute Gasteiger partial charge is 0.493 e. The number of methoxy groups -OCH3 is 1. The number of aryl methyl sites for hydroxylation is 1. The maximum absolute atomic E-state index is 12.8. The molecule has 6 heteroatoms. The number of carbonyl (C=O) groups excluding carboxylic acids is 2. The molecule has 1 fully saturated rings. The predicted molar refractivity (Wildman–Crippen MR) is 116 cm³/mol. The van der Waals surface area contributed by atoms with E-state index in [1.54, 1.807) is 13.2 Å². The summed E-state index contributed by atoms with van der Waals surface area (Å²) in [5, 5.41) is -0.259. The van der Waals surface area contributed by atoms with E-state index in [4.69, 9.17) is 9.47 Å². The average Bonchev–Trinajstić information content (AvgIpc) is 2.97. The lowest BCUT2D eigenvalue weighted by molar-refractivity contribution is -0.123. The number of thioether (sulfide) groups is 1. The molecule has 1 unspecified atom stereocenters. The Labute approximate surface area is 175 Å². The van der Waals surface area contributed by atoms with E-state index in [0.29, 0.717) is 16.4 Å². The molecule has 0 aromatic heterocycles. The highest BCUT2D eigenvalue weighted by Gasteiger charge is 2.35. The van der Waals surface area contributed by atoms with Crippen LogP contribution in [-0.4, -0.2) is 29.3 Å². The normalized spacial score (nSPS) is 16.4. The average molecular weight is 412 g/mol. The van der Waals surface area contributed by atoms with E-state index in [0.717, 1.165) is 34.9 Å². The van der Waals surface area contributed by atoms with Gasteiger partial charge in [0.1, 0.15) is 0 Å². The van der Waals surface area contributed by atoms with E-state index in [-0.39, 0.29) is 23.8 Å². The van der Waals surface area contributed by atoms with Crippen LogP contribution in [0.4, 0.5) is 4.79 Å². The van der Waals surface area contributed by atoms with Gasteiger partial charge in [0.25, 0.3) is 11.1 Å². The molecule has 2 aromatic rings. The minimum atomic E-state index is -0.278. The highest BCUT2D eigenvalue weighted by atomic mass is 32.2. The Kier molecular flexibility index (Phi) is 6.64. The van der Waals surface area contributed by atoms with Crippen LogP contribution in [0.15, 0.2) is 47.4 Å². The van der Waals surface area contributed by atoms with Crippen LogP contribution < -0.4 is 9.47 Å². The van der Waals surface area contributed by atoms with Crippen molar-refractivity contribution in [2.45, 2.75) is 39.8 Å². The maximum atomic E-state index is 12.8. The van der Waals surface area contributed by atoms with Gasteiger partial charge in [-0.1, -0.05) is 42.8 Å². The summed E-state index contributed by atoms with van der Waals surface area (Å²) in [7, 11) is 1.58. The van der Waals surface area contributed by atoms with Crippen LogP contribution in [0.5, 0.6) is 11.5 Å². The van der Waals surface area contributed by atoms with E-state index in [9.17, 15) is 9.59 Å². The first-order chi connectivity index (χ1) is 13.9. The topological polar surface area (TPSA) is 55.8 Å². The van der Waals surface area contributed by atoms with Gasteiger partial charge in [-0.2, -0.15) is 0 Å². The van der Waals surface area contributed by atoms with Gasteiger partial charge in [-0.25, -0.2) is 0 Å². The van der Waals surface area contributed by atoms with Gasteiger partial charge in [-0.15, -0.1) is 0 Å². The molecule has 1 atom stereocenters. The Morgan fingerprint density at radius 3 is 2.48 bits per heavy atom. The standard InChI is InChI=1S/C23H25NO4S/c1-5-16(3)28-19-11-10-18(12-20(19)27-4)13-21-22(25)24(23(26)29-21)14-17-8-6-15(2)7-9-17/h6-13,16H,5,14H2,1-4H3/b21-13-. The Morgan fingerprint density at radius 2 is 1.83 bits per heavy atom. The molecule has 0 radical (unpaired) electrons. The molecular weight excluding hydrogens is 386 g/mol. The third-order valence-electron chi connectivity index (χ3n) is 4.72. The summed E-state index contributed by atoms with van der Waals surface area (Å²) in [6, 6.07) is 13.3. The predicted octanol–water partition coefficient (Wildman–Crippen LogP) is 5.42. The van der Waals surface area contributed by atoms with Gasteiger partial charge in [0.15, 0.2) is 11.5 Å². The molecular formula is C23H25NO4S. The van der Waals surface area contributed by atoms with Gasteiger partial charge < -0.3 is 9.47 Å². The fraction of sp³-hybridized carbons (Fsp3) is 0.304. The smallest absolute Gasteiger partial charge is 0.293 e. The van der Waals surface area contributed by atoms with Crippen molar-refractivity contribution in [1.82, 2.24) is 4.90 Å². The first-order valence-corrected chi connectivity index (χ1v) is 10.4. The lowest BCUT2D eigenvalue weighted by Gasteiger charge is -2.15. The third kappa shape index (κ3) is 5.01. The van der Waals surface area contributed by atoms with Crippen LogP contribution in [0.3, 0.4) is 0 Å². The maximum Gasteiger partial charge on any atom is 0.293 e. The summed E-state index contributed by atoms with van der Waals surface area (Å²) >= 11 is 0.957. The van der Waals surface area contributed by atoms with Crippen LogP contribution in [0.2, 0.25) is 0 Å². The first-order valence-electron chi connectivity index (χ1n) is 9.57. The van der Waals surface area contributed by atoms with E-state index in [1.807, 2.05) is 56.3 Å². The van der Waals surface area contributed by atoms with E-state index in [1.165, 1.54) is 4.90 Å². The number of imide groups is 1. The molecule has 0 aliphatic carbocycles. The number of rotatable bonds is 7. The van der Waals surface area contributed by atoms with Crippen molar-refractivity contribution >= 4 is 29.0 Å². The molecule has 152 valence electrons. The third-order valence-corrected chi connectivity index (χ3v) is 5.63. The Morgan fingerprint density at radius 1 is 1.10 bits per heavy atom. The zero-order valence-electron chi connectivity index (χ0n) is 17.1. The molecule has 0 bridgehead atoms. The van der Waals surface area contributed by atoms with Crippen LogP contribution in [0.25, 0.3) is 6.08 Å². The van der Waals surface area contributed by atoms with Gasteiger partial charge in [-0.3, -0.25) is 14.5 Å². The molecule has 1 aliphatic rings. The molecule has 5 nitrogen and oxygen atoms in total. The van der Waals surface area contributed by atoms with Crippen molar-refractivity contribution in [3.05, 3.63) is 64.1 Å². The van der Waals surface area contributed by atoms with Gasteiger partial charge in [0.2, 0.25) is 0 Å². The minimum Gasteiger partial charge on any atom is -0.493 e. The summed E-state index contributed by atoms with van der Waals surface area (Å²) in [6.45, 7) is 6.32. The second-order valence-electron chi connectivity index (χ2n) is 7.00. The van der Waals surface area contributed by atoms with Crippen LogP contribution in [-0.2, 0) is 11.3 Å². The molecule has 1 heterocycles. The molecule has 1 aliphatic heterocycles. The fourth-order valence-corrected chi connectivity index (χ4v) is 3.67. The van der Waals surface area contributed by atoms with Gasteiger partial charge in [0, 0.05) is 0 Å². The van der Waals surface area contributed by atoms with Crippen molar-refractivity contribution in [2.75, 3.05) is 7.11 Å². The molecule has 0 spiro atoms. The second kappa shape index (κ2) is 9.18. The SMILES string of the molecule is CCC(C)Oc1ccc(/C=C2\SC(=O)N(Cc3ccc(C)cc3)C2=O)cc1OC. The van der Waals surface area contributed by atoms with Crippen molar-refractivity contribution in [1.29, 1.82) is 0 Å². The monoisotopic (exact) mass is 411 g/mol. The highest BCUT2D eigenvalue weighted by molar-refractivity contribution is 8.18. The summed E-state index contributed by atoms with van der Waals surface area (Å²) in [4.78, 5) is 26.8. The molecule has 29 heavy (non-hydrogen) atoms. The van der Waals surface area contributed by atoms with E-state index >= 15 is 0 Å². The van der Waals surface area contributed by atoms with Crippen LogP contribution in [0, 0.1) is 6.92 Å². The first kappa shape index (κ1) is 21.0. The van der Waals surface area contributed by atoms with Gasteiger partial charge in [-0.05, 0) is 61.4 Å². The summed E-state index contributed by atoms with van der Waals surface area (Å²) < 4.78 is 11.3. The van der Waals surface area contributed by atoms with Crippen molar-refractivity contribution in [2.24, 2.45) is 0 Å². The number of amides is 2. The lowest BCUT2D eigenvalue weighted by Crippen LogP contribution is -2.27. The molecule has 0 saturated carbocycles. The Bertz CT molecular complexity index is 936. The lowest BCUT2D eigenvalue weighted by atomic mass is 10.1. The summed E-state index contributed by atoms with van der Waals surface area (Å²) in [6.07, 6.45) is 2.68. The zero-order valence-corrected chi connectivity index (χ0v) is 17.9. The summed E-state index contributed by atoms with van der Waals surface area (Å²) in [5.41, 5.74) is 2.84. The number of carbonyl (C=O) groups is 2. The Hall–Kier alpha value is -2.73. The van der Waals surface area contributed by atoms with Crippen molar-refractivity contribution in [3.63, 3.8) is 0 Å². The molecule has 2 aromatic carbocycles. The quantitative estimate of drug-likeness (QED) is 0.570. The number of nitrogens with zero attached hydrogens (tertiary/aromatic N) is 1. The van der Waals surface area contributed by atoms with Gasteiger partial charge >= 0.3 is 0 Å². The Balaban J connectivity index is 1.79. The molecule has 3 rings (SSSR count). The summed E-state index contributed by atoms with van der Waals surface area (Å²) in [5.74, 6) is 0.976. The minimum absolute atomic E-state index is 0.0769. The van der Waals surface area contributed by atoms with E-state index < -0.39 is 0 Å². The number of benzene rings is 2. The van der Waals surface area contributed by atoms with Crippen molar-refractivity contribution < 1.29 is 19.1 Å².